The van der Waals surface area contributed by atoms with Gasteiger partial charge in [0.25, 0.3) is 0 Å². The Kier molecular flexibility index (Phi) is 4.27. The van der Waals surface area contributed by atoms with Gasteiger partial charge in [-0.05, 0) is 56.3 Å². The van der Waals surface area contributed by atoms with Gasteiger partial charge < -0.3 is 0 Å². The Morgan fingerprint density at radius 2 is 1.50 bits per heavy atom. The zero-order valence-corrected chi connectivity index (χ0v) is 16.5. The van der Waals surface area contributed by atoms with Crippen molar-refractivity contribution in [3.05, 3.63) is 71.8 Å². The van der Waals surface area contributed by atoms with Crippen molar-refractivity contribution >= 4 is 15.6 Å². The number of hydrogen-bond donors (Lipinski definition) is 0. The van der Waals surface area contributed by atoms with Crippen LogP contribution >= 0.6 is 0 Å². The Bertz CT molecular complexity index is 1290. The molecule has 0 saturated carbocycles. The molecule has 0 amide bonds. The van der Waals surface area contributed by atoms with Crippen molar-refractivity contribution in [2.45, 2.75) is 18.7 Å². The summed E-state index contributed by atoms with van der Waals surface area (Å²) in [6, 6.07) is 14.8. The molecule has 2 heterocycles. The Labute approximate surface area is 162 Å². The first kappa shape index (κ1) is 18.3. The van der Waals surface area contributed by atoms with Crippen LogP contribution in [0.15, 0.2) is 59.5 Å². The number of rotatable bonds is 3. The third-order valence-electron chi connectivity index (χ3n) is 4.58. The third kappa shape index (κ3) is 3.18. The Morgan fingerprint density at radius 1 is 0.893 bits per heavy atom. The van der Waals surface area contributed by atoms with Gasteiger partial charge in [-0.3, -0.25) is 4.40 Å². The molecule has 0 spiro atoms. The fourth-order valence-electron chi connectivity index (χ4n) is 3.31. The van der Waals surface area contributed by atoms with Crippen LogP contribution in [0.1, 0.15) is 11.4 Å². The minimum absolute atomic E-state index is 0.244. The molecule has 0 fully saturated rings. The summed E-state index contributed by atoms with van der Waals surface area (Å²) in [7, 11) is -3.29. The highest BCUT2D eigenvalue weighted by Crippen LogP contribution is 2.34. The summed E-state index contributed by atoms with van der Waals surface area (Å²) < 4.78 is 38.9. The molecule has 0 unspecified atom stereocenters. The average Bonchev–Trinajstić information content (AvgIpc) is 3.01. The molecular weight excluding hydrogens is 377 g/mol. The number of fused-ring (bicyclic) bond motifs is 1. The zero-order valence-electron chi connectivity index (χ0n) is 15.6. The van der Waals surface area contributed by atoms with Gasteiger partial charge in [0.2, 0.25) is 5.78 Å². The summed E-state index contributed by atoms with van der Waals surface area (Å²) >= 11 is 0. The molecular formula is C21H18FN3O2S. The molecule has 142 valence electrons. The van der Waals surface area contributed by atoms with E-state index in [0.29, 0.717) is 11.5 Å². The molecule has 28 heavy (non-hydrogen) atoms. The van der Waals surface area contributed by atoms with Crippen LogP contribution < -0.4 is 0 Å². The van der Waals surface area contributed by atoms with Crippen molar-refractivity contribution in [1.82, 2.24) is 14.4 Å². The van der Waals surface area contributed by atoms with E-state index in [9.17, 15) is 12.8 Å². The van der Waals surface area contributed by atoms with Crippen LogP contribution in [0, 0.1) is 19.7 Å². The first-order chi connectivity index (χ1) is 13.2. The SMILES string of the molecule is Cc1cc(C)n2c(-c3ccc(F)cc3)c(-c3ccc(S(C)(=O)=O)cc3)nc2n1. The van der Waals surface area contributed by atoms with Crippen LogP contribution in [0.3, 0.4) is 0 Å². The number of nitrogens with zero attached hydrogens (tertiary/aromatic N) is 3. The smallest absolute Gasteiger partial charge is 0.235 e. The number of halogens is 1. The van der Waals surface area contributed by atoms with E-state index in [4.69, 9.17) is 4.98 Å². The number of imidazole rings is 1. The minimum atomic E-state index is -3.29. The molecule has 7 heteroatoms. The largest absolute Gasteiger partial charge is 0.280 e. The van der Waals surface area contributed by atoms with Crippen molar-refractivity contribution < 1.29 is 12.8 Å². The van der Waals surface area contributed by atoms with E-state index in [0.717, 1.165) is 28.2 Å². The van der Waals surface area contributed by atoms with E-state index in [-0.39, 0.29) is 10.7 Å². The van der Waals surface area contributed by atoms with Crippen molar-refractivity contribution in [1.29, 1.82) is 0 Å². The van der Waals surface area contributed by atoms with Crippen molar-refractivity contribution in [2.24, 2.45) is 0 Å². The van der Waals surface area contributed by atoms with Gasteiger partial charge in [0.15, 0.2) is 9.84 Å². The Balaban J connectivity index is 2.01. The highest BCUT2D eigenvalue weighted by Gasteiger charge is 2.19. The summed E-state index contributed by atoms with van der Waals surface area (Å²) in [4.78, 5) is 9.47. The second-order valence-electron chi connectivity index (χ2n) is 6.79. The van der Waals surface area contributed by atoms with Crippen LogP contribution in [-0.4, -0.2) is 29.0 Å². The number of benzene rings is 2. The van der Waals surface area contributed by atoms with E-state index in [1.165, 1.54) is 18.4 Å². The first-order valence-corrected chi connectivity index (χ1v) is 10.6. The van der Waals surface area contributed by atoms with Crippen LogP contribution in [0.2, 0.25) is 0 Å². The third-order valence-corrected chi connectivity index (χ3v) is 5.71. The highest BCUT2D eigenvalue weighted by molar-refractivity contribution is 7.90. The molecule has 0 bridgehead atoms. The van der Waals surface area contributed by atoms with Crippen molar-refractivity contribution in [2.75, 3.05) is 6.26 Å². The number of sulfone groups is 1. The van der Waals surface area contributed by atoms with Crippen molar-refractivity contribution in [3.63, 3.8) is 0 Å². The second-order valence-corrected chi connectivity index (χ2v) is 8.80. The predicted octanol–water partition coefficient (Wildman–Crippen LogP) is 4.22. The summed E-state index contributed by atoms with van der Waals surface area (Å²) in [5.41, 5.74) is 4.80. The van der Waals surface area contributed by atoms with Gasteiger partial charge in [0.05, 0.1) is 16.3 Å². The normalized spacial score (nSPS) is 11.9. The quantitative estimate of drug-likeness (QED) is 0.521. The lowest BCUT2D eigenvalue weighted by molar-refractivity contribution is 0.602. The van der Waals surface area contributed by atoms with Gasteiger partial charge in [-0.25, -0.2) is 22.8 Å². The molecule has 2 aromatic heterocycles. The standard InChI is InChI=1S/C21H18FN3O2S/c1-13-12-14(2)25-20(16-4-8-17(22)9-5-16)19(24-21(25)23-13)15-6-10-18(11-7-15)28(3,26)27/h4-12H,1-3H3. The molecule has 0 aliphatic rings. The average molecular weight is 395 g/mol. The van der Waals surface area contributed by atoms with Gasteiger partial charge >= 0.3 is 0 Å². The van der Waals surface area contributed by atoms with E-state index in [1.807, 2.05) is 24.3 Å². The zero-order chi connectivity index (χ0) is 20.1. The number of aromatic nitrogens is 3. The highest BCUT2D eigenvalue weighted by atomic mass is 32.2. The van der Waals surface area contributed by atoms with Gasteiger partial charge in [0.1, 0.15) is 5.82 Å². The van der Waals surface area contributed by atoms with E-state index in [1.54, 1.807) is 36.4 Å². The molecule has 0 aliphatic carbocycles. The lowest BCUT2D eigenvalue weighted by Gasteiger charge is -2.09. The Morgan fingerprint density at radius 3 is 2.11 bits per heavy atom. The monoisotopic (exact) mass is 395 g/mol. The van der Waals surface area contributed by atoms with Crippen LogP contribution in [0.4, 0.5) is 4.39 Å². The number of hydrogen-bond acceptors (Lipinski definition) is 4. The topological polar surface area (TPSA) is 64.3 Å². The van der Waals surface area contributed by atoms with E-state index in [2.05, 4.69) is 4.98 Å². The van der Waals surface area contributed by atoms with Gasteiger partial charge in [0, 0.05) is 28.8 Å². The first-order valence-electron chi connectivity index (χ1n) is 8.67. The lowest BCUT2D eigenvalue weighted by Crippen LogP contribution is -1.98. The Hall–Kier alpha value is -3.06. The summed E-state index contributed by atoms with van der Waals surface area (Å²) in [5.74, 6) is 0.223. The molecule has 4 rings (SSSR count). The maximum absolute atomic E-state index is 13.5. The fourth-order valence-corrected chi connectivity index (χ4v) is 3.94. The van der Waals surface area contributed by atoms with E-state index >= 15 is 0 Å². The molecule has 4 aromatic rings. The molecule has 5 nitrogen and oxygen atoms in total. The van der Waals surface area contributed by atoms with Crippen LogP contribution in [0.25, 0.3) is 28.3 Å². The van der Waals surface area contributed by atoms with E-state index < -0.39 is 9.84 Å². The molecule has 0 atom stereocenters. The maximum Gasteiger partial charge on any atom is 0.235 e. The lowest BCUT2D eigenvalue weighted by atomic mass is 10.0. The summed E-state index contributed by atoms with van der Waals surface area (Å²) in [5, 5.41) is 0. The summed E-state index contributed by atoms with van der Waals surface area (Å²) in [6.07, 6.45) is 1.17. The fraction of sp³-hybridized carbons (Fsp3) is 0.143. The summed E-state index contributed by atoms with van der Waals surface area (Å²) in [6.45, 7) is 3.87. The maximum atomic E-state index is 13.5. The molecule has 0 radical (unpaired) electrons. The second kappa shape index (κ2) is 6.53. The van der Waals surface area contributed by atoms with Crippen LogP contribution in [0.5, 0.6) is 0 Å². The molecule has 0 N–H and O–H groups in total. The molecule has 0 aliphatic heterocycles. The molecule has 0 saturated heterocycles. The van der Waals surface area contributed by atoms with Gasteiger partial charge in [-0.1, -0.05) is 12.1 Å². The van der Waals surface area contributed by atoms with Crippen molar-refractivity contribution in [3.8, 4) is 22.5 Å². The molecule has 2 aromatic carbocycles. The predicted molar refractivity (Wildman–Crippen MR) is 106 cm³/mol. The number of aryl methyl sites for hydroxylation is 2. The minimum Gasteiger partial charge on any atom is -0.280 e. The van der Waals surface area contributed by atoms with Gasteiger partial charge in [-0.2, -0.15) is 0 Å². The van der Waals surface area contributed by atoms with Crippen LogP contribution in [-0.2, 0) is 9.84 Å². The van der Waals surface area contributed by atoms with Gasteiger partial charge in [-0.15, -0.1) is 0 Å².